The van der Waals surface area contributed by atoms with Crippen LogP contribution in [0.25, 0.3) is 0 Å². The van der Waals surface area contributed by atoms with Gasteiger partial charge in [0.05, 0.1) is 18.8 Å². The van der Waals surface area contributed by atoms with Crippen molar-refractivity contribution in [2.75, 3.05) is 19.7 Å². The summed E-state index contributed by atoms with van der Waals surface area (Å²) in [5.74, 6) is -0.0825. The van der Waals surface area contributed by atoms with Gasteiger partial charge in [-0.25, -0.2) is 0 Å². The quantitative estimate of drug-likeness (QED) is 0.651. The molecule has 2 atom stereocenters. The number of morpholine rings is 1. The normalized spacial score (nSPS) is 22.7. The molecule has 1 aromatic rings. The third-order valence-corrected chi connectivity index (χ3v) is 2.60. The topological polar surface area (TPSA) is 79.0 Å². The zero-order valence-corrected chi connectivity index (χ0v) is 9.19. The number of carbonyl (C=O) groups is 1. The average Bonchev–Trinajstić information content (AvgIpc) is 2.83. The first kappa shape index (κ1) is 11.1. The number of aromatic amines is 1. The molecule has 2 unspecified atom stereocenters. The minimum Gasteiger partial charge on any atom is -0.366 e. The second kappa shape index (κ2) is 5.09. The number of nitrogens with one attached hydrogen (secondary N) is 3. The van der Waals surface area contributed by atoms with Crippen LogP contribution in [0.4, 0.5) is 0 Å². The van der Waals surface area contributed by atoms with E-state index in [-0.39, 0.29) is 18.1 Å². The summed E-state index contributed by atoms with van der Waals surface area (Å²) < 4.78 is 5.36. The Bertz CT molecular complexity index is 333. The number of hydrogen-bond acceptors (Lipinski definition) is 4. The standard InChI is InChI=1S/C10H16N4O2/c1-7(8-4-12-13-5-8)14-10(15)9-6-11-2-3-16-9/h4-5,7,9,11H,2-3,6H2,1H3,(H,12,13)(H,14,15). The minimum atomic E-state index is -0.386. The molecule has 1 aliphatic heterocycles. The number of aromatic nitrogens is 2. The van der Waals surface area contributed by atoms with Gasteiger partial charge in [-0.05, 0) is 6.92 Å². The van der Waals surface area contributed by atoms with Gasteiger partial charge < -0.3 is 15.4 Å². The second-order valence-electron chi connectivity index (χ2n) is 3.83. The zero-order chi connectivity index (χ0) is 11.4. The number of nitrogens with zero attached hydrogens (tertiary/aromatic N) is 1. The van der Waals surface area contributed by atoms with Crippen LogP contribution in [0.3, 0.4) is 0 Å². The maximum absolute atomic E-state index is 11.8. The molecule has 88 valence electrons. The Morgan fingerprint density at radius 1 is 1.75 bits per heavy atom. The van der Waals surface area contributed by atoms with Crippen molar-refractivity contribution in [1.29, 1.82) is 0 Å². The molecule has 2 rings (SSSR count). The molecule has 0 aromatic carbocycles. The Hall–Kier alpha value is -1.40. The van der Waals surface area contributed by atoms with Gasteiger partial charge in [0.25, 0.3) is 5.91 Å². The molecule has 0 bridgehead atoms. The summed E-state index contributed by atoms with van der Waals surface area (Å²) in [5, 5.41) is 12.6. The molecule has 3 N–H and O–H groups in total. The van der Waals surface area contributed by atoms with Gasteiger partial charge >= 0.3 is 0 Å². The monoisotopic (exact) mass is 224 g/mol. The summed E-state index contributed by atoms with van der Waals surface area (Å²) in [7, 11) is 0. The van der Waals surface area contributed by atoms with E-state index in [4.69, 9.17) is 4.74 Å². The van der Waals surface area contributed by atoms with E-state index in [1.165, 1.54) is 0 Å². The molecule has 6 heteroatoms. The number of ether oxygens (including phenoxy) is 1. The third-order valence-electron chi connectivity index (χ3n) is 2.60. The minimum absolute atomic E-state index is 0.0585. The smallest absolute Gasteiger partial charge is 0.250 e. The molecule has 0 aliphatic carbocycles. The van der Waals surface area contributed by atoms with E-state index in [0.29, 0.717) is 13.2 Å². The summed E-state index contributed by atoms with van der Waals surface area (Å²) in [5.41, 5.74) is 0.956. The molecule has 0 spiro atoms. The summed E-state index contributed by atoms with van der Waals surface area (Å²) in [4.78, 5) is 11.8. The average molecular weight is 224 g/mol. The first-order valence-electron chi connectivity index (χ1n) is 5.39. The van der Waals surface area contributed by atoms with Gasteiger partial charge in [0, 0.05) is 24.8 Å². The SMILES string of the molecule is CC(NC(=O)C1CNCCO1)c1cn[nH]c1. The van der Waals surface area contributed by atoms with Gasteiger partial charge in [0.15, 0.2) is 0 Å². The summed E-state index contributed by atoms with van der Waals surface area (Å²) in [6.45, 7) is 3.88. The van der Waals surface area contributed by atoms with E-state index in [1.807, 2.05) is 6.92 Å². The first-order chi connectivity index (χ1) is 7.77. The van der Waals surface area contributed by atoms with Crippen LogP contribution < -0.4 is 10.6 Å². The van der Waals surface area contributed by atoms with Gasteiger partial charge in [-0.1, -0.05) is 0 Å². The maximum atomic E-state index is 11.8. The van der Waals surface area contributed by atoms with E-state index in [9.17, 15) is 4.79 Å². The van der Waals surface area contributed by atoms with Crippen molar-refractivity contribution >= 4 is 5.91 Å². The third kappa shape index (κ3) is 2.59. The molecule has 0 radical (unpaired) electrons. The van der Waals surface area contributed by atoms with Gasteiger partial charge in [-0.15, -0.1) is 0 Å². The van der Waals surface area contributed by atoms with Crippen LogP contribution in [0.5, 0.6) is 0 Å². The number of hydrogen-bond donors (Lipinski definition) is 3. The van der Waals surface area contributed by atoms with Gasteiger partial charge in [0.2, 0.25) is 0 Å². The highest BCUT2D eigenvalue weighted by Gasteiger charge is 2.23. The Morgan fingerprint density at radius 3 is 3.25 bits per heavy atom. The van der Waals surface area contributed by atoms with Crippen LogP contribution in [-0.2, 0) is 9.53 Å². The highest BCUT2D eigenvalue weighted by atomic mass is 16.5. The van der Waals surface area contributed by atoms with Crippen molar-refractivity contribution in [2.24, 2.45) is 0 Å². The maximum Gasteiger partial charge on any atom is 0.250 e. The molecular weight excluding hydrogens is 208 g/mol. The first-order valence-corrected chi connectivity index (χ1v) is 5.39. The van der Waals surface area contributed by atoms with Crippen molar-refractivity contribution in [3.63, 3.8) is 0 Å². The van der Waals surface area contributed by atoms with Gasteiger partial charge in [-0.2, -0.15) is 5.10 Å². The van der Waals surface area contributed by atoms with Gasteiger partial charge in [0.1, 0.15) is 6.10 Å². The Kier molecular flexibility index (Phi) is 3.53. The zero-order valence-electron chi connectivity index (χ0n) is 9.19. The lowest BCUT2D eigenvalue weighted by Gasteiger charge is -2.24. The summed E-state index contributed by atoms with van der Waals surface area (Å²) >= 11 is 0. The molecule has 1 aromatic heterocycles. The van der Waals surface area contributed by atoms with E-state index < -0.39 is 0 Å². The molecular formula is C10H16N4O2. The van der Waals surface area contributed by atoms with Crippen molar-refractivity contribution in [2.45, 2.75) is 19.1 Å². The lowest BCUT2D eigenvalue weighted by molar-refractivity contribution is -0.134. The number of amides is 1. The van der Waals surface area contributed by atoms with E-state index in [0.717, 1.165) is 12.1 Å². The highest BCUT2D eigenvalue weighted by Crippen LogP contribution is 2.09. The Morgan fingerprint density at radius 2 is 2.62 bits per heavy atom. The summed E-state index contributed by atoms with van der Waals surface area (Å²) in [6.07, 6.45) is 3.08. The Labute approximate surface area is 93.8 Å². The predicted octanol–water partition coefficient (Wildman–Crippen LogP) is -0.425. The van der Waals surface area contributed by atoms with Crippen LogP contribution in [0.15, 0.2) is 12.4 Å². The predicted molar refractivity (Wildman–Crippen MR) is 57.8 cm³/mol. The highest BCUT2D eigenvalue weighted by molar-refractivity contribution is 5.81. The largest absolute Gasteiger partial charge is 0.366 e. The molecule has 1 saturated heterocycles. The fourth-order valence-electron chi connectivity index (χ4n) is 1.62. The molecule has 2 heterocycles. The number of carbonyl (C=O) groups excluding carboxylic acids is 1. The lowest BCUT2D eigenvalue weighted by Crippen LogP contribution is -2.48. The van der Waals surface area contributed by atoms with E-state index >= 15 is 0 Å². The van der Waals surface area contributed by atoms with E-state index in [1.54, 1.807) is 12.4 Å². The van der Waals surface area contributed by atoms with Crippen LogP contribution in [-0.4, -0.2) is 41.9 Å². The van der Waals surface area contributed by atoms with Crippen LogP contribution >= 0.6 is 0 Å². The summed E-state index contributed by atoms with van der Waals surface area (Å²) in [6, 6.07) is -0.0585. The lowest BCUT2D eigenvalue weighted by atomic mass is 10.2. The van der Waals surface area contributed by atoms with Crippen LogP contribution in [0, 0.1) is 0 Å². The van der Waals surface area contributed by atoms with Crippen molar-refractivity contribution < 1.29 is 9.53 Å². The van der Waals surface area contributed by atoms with Crippen LogP contribution in [0.1, 0.15) is 18.5 Å². The van der Waals surface area contributed by atoms with Crippen molar-refractivity contribution in [3.8, 4) is 0 Å². The van der Waals surface area contributed by atoms with E-state index in [2.05, 4.69) is 20.8 Å². The van der Waals surface area contributed by atoms with Crippen molar-refractivity contribution in [3.05, 3.63) is 18.0 Å². The second-order valence-corrected chi connectivity index (χ2v) is 3.83. The molecule has 16 heavy (non-hydrogen) atoms. The van der Waals surface area contributed by atoms with Crippen LogP contribution in [0.2, 0.25) is 0 Å². The molecule has 1 fully saturated rings. The molecule has 0 saturated carbocycles. The van der Waals surface area contributed by atoms with Crippen molar-refractivity contribution in [1.82, 2.24) is 20.8 Å². The molecule has 1 amide bonds. The van der Waals surface area contributed by atoms with Gasteiger partial charge in [-0.3, -0.25) is 9.89 Å². The fourth-order valence-corrected chi connectivity index (χ4v) is 1.62. The Balaban J connectivity index is 1.86. The fraction of sp³-hybridized carbons (Fsp3) is 0.600. The molecule has 6 nitrogen and oxygen atoms in total. The number of rotatable bonds is 3. The number of H-pyrrole nitrogens is 1. The molecule has 1 aliphatic rings.